The highest BCUT2D eigenvalue weighted by atomic mass is 35.5. The Labute approximate surface area is 317 Å². The van der Waals surface area contributed by atoms with Gasteiger partial charge >= 0.3 is 0 Å². The topological polar surface area (TPSA) is 121 Å². The summed E-state index contributed by atoms with van der Waals surface area (Å²) in [6.45, 7) is 8.53. The molecule has 4 aromatic carbocycles. The molecule has 0 unspecified atom stereocenters. The van der Waals surface area contributed by atoms with Crippen LogP contribution in [-0.4, -0.2) is 60.8 Å². The van der Waals surface area contributed by atoms with Gasteiger partial charge in [0.2, 0.25) is 5.69 Å². The molecular formula is C42H42ClN2O6S2-. The third kappa shape index (κ3) is 7.03. The second-order valence-electron chi connectivity index (χ2n) is 15.1. The summed E-state index contributed by atoms with van der Waals surface area (Å²) in [5.41, 5.74) is 6.57. The molecular weight excluding hydrogens is 728 g/mol. The van der Waals surface area contributed by atoms with Gasteiger partial charge in [-0.2, -0.15) is 4.58 Å². The molecule has 0 bridgehead atoms. The Morgan fingerprint density at radius 2 is 1.38 bits per heavy atom. The van der Waals surface area contributed by atoms with Crippen molar-refractivity contribution in [3.8, 4) is 0 Å². The quantitative estimate of drug-likeness (QED) is 0.124. The Bertz CT molecular complexity index is 2560. The molecule has 11 heteroatoms. The summed E-state index contributed by atoms with van der Waals surface area (Å²) >= 11 is 7.16. The zero-order valence-electron chi connectivity index (χ0n) is 30.2. The molecule has 0 atom stereocenters. The number of benzene rings is 4. The molecule has 2 aliphatic heterocycles. The maximum atomic E-state index is 11.8. The van der Waals surface area contributed by atoms with Gasteiger partial charge in [0.05, 0.1) is 27.0 Å². The van der Waals surface area contributed by atoms with Crippen molar-refractivity contribution in [2.24, 2.45) is 0 Å². The van der Waals surface area contributed by atoms with Gasteiger partial charge in [0.15, 0.2) is 12.3 Å². The molecule has 0 aromatic heterocycles. The van der Waals surface area contributed by atoms with Crippen molar-refractivity contribution in [3.63, 3.8) is 0 Å². The third-order valence-electron chi connectivity index (χ3n) is 11.0. The van der Waals surface area contributed by atoms with E-state index in [1.54, 1.807) is 0 Å². The highest BCUT2D eigenvalue weighted by molar-refractivity contribution is 7.85. The van der Waals surface area contributed by atoms with Gasteiger partial charge in [-0.3, -0.25) is 0 Å². The number of hydrogen-bond acceptors (Lipinski definition) is 7. The van der Waals surface area contributed by atoms with Crippen LogP contribution in [0, 0.1) is 0 Å². The molecule has 7 rings (SSSR count). The van der Waals surface area contributed by atoms with Crippen LogP contribution in [0.4, 0.5) is 11.4 Å². The van der Waals surface area contributed by atoms with E-state index in [0.717, 1.165) is 85.9 Å². The van der Waals surface area contributed by atoms with Crippen LogP contribution >= 0.6 is 11.6 Å². The zero-order chi connectivity index (χ0) is 37.9. The summed E-state index contributed by atoms with van der Waals surface area (Å²) in [6, 6.07) is 24.3. The lowest BCUT2D eigenvalue weighted by atomic mass is 9.78. The van der Waals surface area contributed by atoms with E-state index < -0.39 is 42.6 Å². The fourth-order valence-electron chi connectivity index (χ4n) is 8.53. The van der Waals surface area contributed by atoms with Gasteiger partial charge < -0.3 is 14.0 Å². The Morgan fingerprint density at radius 3 is 2.04 bits per heavy atom. The number of rotatable bonds is 9. The van der Waals surface area contributed by atoms with Crippen LogP contribution < -0.4 is 4.90 Å². The fraction of sp³-hybridized carbons (Fsp3) is 0.310. The predicted octanol–water partition coefficient (Wildman–Crippen LogP) is 8.30. The van der Waals surface area contributed by atoms with Crippen molar-refractivity contribution in [1.29, 1.82) is 0 Å². The molecule has 0 saturated heterocycles. The van der Waals surface area contributed by atoms with Crippen LogP contribution in [0.3, 0.4) is 0 Å². The summed E-state index contributed by atoms with van der Waals surface area (Å²) in [5, 5.41) is 4.95. The number of nitrogens with zero attached hydrogens (tertiary/aromatic N) is 2. The first-order valence-corrected chi connectivity index (χ1v) is 21.3. The van der Waals surface area contributed by atoms with Gasteiger partial charge in [-0.05, 0) is 89.6 Å². The van der Waals surface area contributed by atoms with Crippen molar-refractivity contribution >= 4 is 70.5 Å². The zero-order valence-corrected chi connectivity index (χ0v) is 32.6. The van der Waals surface area contributed by atoms with Crippen molar-refractivity contribution in [2.45, 2.75) is 57.8 Å². The lowest BCUT2D eigenvalue weighted by molar-refractivity contribution is -0.432. The SMILES string of the molecule is CC1(C)C(/C=C/C2=C(Cl)C(=C/C=C3/N(CCS(=O)(=O)[O-])c4ccc5ccccc5c4C3(C)C)/CCC2)=[N+](CCS(=O)(=O)[O-])c2ccc3ccccc3c21. The van der Waals surface area contributed by atoms with Crippen LogP contribution in [-0.2, 0) is 31.1 Å². The number of fused-ring (bicyclic) bond motifs is 6. The smallest absolute Gasteiger partial charge is 0.210 e. The summed E-state index contributed by atoms with van der Waals surface area (Å²) < 4.78 is 72.7. The first kappa shape index (κ1) is 37.3. The number of anilines is 1. The number of hydrogen-bond donors (Lipinski definition) is 0. The molecule has 0 radical (unpaired) electrons. The minimum Gasteiger partial charge on any atom is -0.748 e. The molecule has 0 spiro atoms. The van der Waals surface area contributed by atoms with Gasteiger partial charge in [0, 0.05) is 46.1 Å². The van der Waals surface area contributed by atoms with Crippen molar-refractivity contribution in [3.05, 3.63) is 130 Å². The Kier molecular flexibility index (Phi) is 9.60. The Hall–Kier alpha value is -4.06. The van der Waals surface area contributed by atoms with Crippen LogP contribution in [0.1, 0.15) is 58.1 Å². The molecule has 4 aromatic rings. The minimum atomic E-state index is -4.46. The van der Waals surface area contributed by atoms with Crippen molar-refractivity contribution in [2.75, 3.05) is 29.5 Å². The van der Waals surface area contributed by atoms with Gasteiger partial charge in [-0.1, -0.05) is 92.2 Å². The standard InChI is InChI=1S/C42H43ClN2O6S2/c1-41(2)36(44(24-26-52(46,47)48)34-20-16-28-10-5-7-14-32(28)38(34)41)22-18-30-12-9-13-31(40(30)43)19-23-37-42(3,4)39-33-15-8-6-11-29(33)17-21-35(39)45(37)25-27-53(49,50)51/h5-8,10-11,14-23H,9,12-13,24-27H2,1-4H3,(H-,46,47,48,49,50,51)/p-1. The maximum Gasteiger partial charge on any atom is 0.210 e. The molecule has 53 heavy (non-hydrogen) atoms. The Balaban J connectivity index is 1.28. The average Bonchev–Trinajstić information content (AvgIpc) is 3.46. The minimum absolute atomic E-state index is 0.0311. The predicted molar refractivity (Wildman–Crippen MR) is 212 cm³/mol. The molecule has 0 fully saturated rings. The lowest BCUT2D eigenvalue weighted by Gasteiger charge is -2.27. The van der Waals surface area contributed by atoms with Crippen LogP contribution in [0.15, 0.2) is 119 Å². The molecule has 276 valence electrons. The second kappa shape index (κ2) is 13.7. The van der Waals surface area contributed by atoms with E-state index in [0.29, 0.717) is 5.03 Å². The van der Waals surface area contributed by atoms with E-state index in [1.165, 1.54) is 0 Å². The summed E-state index contributed by atoms with van der Waals surface area (Å²) in [6.07, 6.45) is 10.4. The number of allylic oxidation sites excluding steroid dienone is 8. The van der Waals surface area contributed by atoms with Gasteiger partial charge in [-0.15, -0.1) is 0 Å². The monoisotopic (exact) mass is 769 g/mol. The number of halogens is 1. The maximum absolute atomic E-state index is 11.8. The molecule has 0 saturated carbocycles. The first-order valence-electron chi connectivity index (χ1n) is 17.8. The van der Waals surface area contributed by atoms with Crippen molar-refractivity contribution < 1.29 is 30.5 Å². The summed E-state index contributed by atoms with van der Waals surface area (Å²) in [7, 11) is -8.91. The largest absolute Gasteiger partial charge is 0.748 e. The lowest BCUT2D eigenvalue weighted by Crippen LogP contribution is -2.30. The fourth-order valence-corrected chi connectivity index (χ4v) is 9.65. The van der Waals surface area contributed by atoms with E-state index >= 15 is 0 Å². The van der Waals surface area contributed by atoms with E-state index in [9.17, 15) is 25.9 Å². The third-order valence-corrected chi connectivity index (χ3v) is 12.8. The normalized spacial score (nSPS) is 20.1. The van der Waals surface area contributed by atoms with Crippen molar-refractivity contribution in [1.82, 2.24) is 0 Å². The Morgan fingerprint density at radius 1 is 0.755 bits per heavy atom. The summed E-state index contributed by atoms with van der Waals surface area (Å²) in [5.74, 6) is -1.04. The highest BCUT2D eigenvalue weighted by Crippen LogP contribution is 2.51. The highest BCUT2D eigenvalue weighted by Gasteiger charge is 2.46. The van der Waals surface area contributed by atoms with E-state index in [4.69, 9.17) is 11.6 Å². The second-order valence-corrected chi connectivity index (χ2v) is 18.5. The van der Waals surface area contributed by atoms with Crippen LogP contribution in [0.2, 0.25) is 0 Å². The van der Waals surface area contributed by atoms with Crippen LogP contribution in [0.5, 0.6) is 0 Å². The molecule has 1 aliphatic carbocycles. The van der Waals surface area contributed by atoms with Gasteiger partial charge in [0.25, 0.3) is 0 Å². The molecule has 3 aliphatic rings. The molecule has 0 amide bonds. The van der Waals surface area contributed by atoms with E-state index in [2.05, 4.69) is 52.0 Å². The molecule has 0 N–H and O–H groups in total. The average molecular weight is 770 g/mol. The molecule has 8 nitrogen and oxygen atoms in total. The van der Waals surface area contributed by atoms with E-state index in [1.807, 2.05) is 82.3 Å². The van der Waals surface area contributed by atoms with Crippen LogP contribution in [0.25, 0.3) is 21.5 Å². The van der Waals surface area contributed by atoms with Gasteiger partial charge in [0.1, 0.15) is 10.1 Å². The van der Waals surface area contributed by atoms with Gasteiger partial charge in [-0.25, -0.2) is 16.8 Å². The summed E-state index contributed by atoms with van der Waals surface area (Å²) in [4.78, 5) is 1.95. The first-order chi connectivity index (χ1) is 25.0. The van der Waals surface area contributed by atoms with E-state index in [-0.39, 0.29) is 13.1 Å². The molecule has 2 heterocycles.